The number of benzene rings is 2. The summed E-state index contributed by atoms with van der Waals surface area (Å²) in [4.78, 5) is 25.6. The highest BCUT2D eigenvalue weighted by molar-refractivity contribution is 6.30. The van der Waals surface area contributed by atoms with Crippen LogP contribution in [0.4, 0.5) is 5.69 Å². The Morgan fingerprint density at radius 2 is 1.88 bits per heavy atom. The molecule has 0 aliphatic heterocycles. The van der Waals surface area contributed by atoms with Gasteiger partial charge in [-0.05, 0) is 48.9 Å². The maximum atomic E-state index is 12.5. The van der Waals surface area contributed by atoms with Gasteiger partial charge in [-0.3, -0.25) is 9.59 Å². The minimum Gasteiger partial charge on any atom is -0.494 e. The Kier molecular flexibility index (Phi) is 7.48. The van der Waals surface area contributed by atoms with Gasteiger partial charge in [0.05, 0.1) is 6.61 Å². The lowest BCUT2D eigenvalue weighted by atomic mass is 10.1. The fourth-order valence-corrected chi connectivity index (χ4v) is 2.45. The third kappa shape index (κ3) is 6.08. The molecule has 0 saturated heterocycles. The van der Waals surface area contributed by atoms with E-state index in [4.69, 9.17) is 16.3 Å². The summed E-state index contributed by atoms with van der Waals surface area (Å²) in [5, 5.41) is 3.43. The van der Waals surface area contributed by atoms with Gasteiger partial charge in [-0.15, -0.1) is 0 Å². The van der Waals surface area contributed by atoms with Crippen LogP contribution >= 0.6 is 11.6 Å². The summed E-state index contributed by atoms with van der Waals surface area (Å²) in [6, 6.07) is 14.1. The Balaban J connectivity index is 1.82. The number of hydrogen-bond donors (Lipinski definition) is 1. The lowest BCUT2D eigenvalue weighted by Gasteiger charge is -2.18. The minimum atomic E-state index is -0.0934. The maximum Gasteiger partial charge on any atom is 0.253 e. The molecule has 6 heteroatoms. The number of hydrogen-bond acceptors (Lipinski definition) is 3. The fourth-order valence-electron chi connectivity index (χ4n) is 2.32. The van der Waals surface area contributed by atoms with E-state index in [2.05, 4.69) is 5.32 Å². The largest absolute Gasteiger partial charge is 0.494 e. The van der Waals surface area contributed by atoms with E-state index >= 15 is 0 Å². The van der Waals surface area contributed by atoms with E-state index in [9.17, 15) is 9.59 Å². The zero-order chi connectivity index (χ0) is 18.9. The summed E-state index contributed by atoms with van der Waals surface area (Å²) < 4.78 is 5.63. The Bertz CT molecular complexity index is 747. The standard InChI is InChI=1S/C20H23ClN2O3/c1-3-19(24)22-17-7-4-6-15(14-17)20(25)23(2)12-5-13-26-18-10-8-16(21)9-11-18/h4,6-11,14H,3,5,12-13H2,1-2H3,(H,22,24). The highest BCUT2D eigenvalue weighted by Gasteiger charge is 2.12. The first kappa shape index (κ1) is 19.8. The van der Waals surface area contributed by atoms with Crippen LogP contribution in [0, 0.1) is 0 Å². The zero-order valence-electron chi connectivity index (χ0n) is 15.0. The molecule has 0 aliphatic rings. The van der Waals surface area contributed by atoms with E-state index in [-0.39, 0.29) is 11.8 Å². The average Bonchev–Trinajstić information content (AvgIpc) is 2.66. The van der Waals surface area contributed by atoms with Gasteiger partial charge in [0, 0.05) is 36.3 Å². The molecule has 2 rings (SSSR count). The van der Waals surface area contributed by atoms with Crippen LogP contribution in [-0.2, 0) is 4.79 Å². The second-order valence-corrected chi connectivity index (χ2v) is 6.30. The molecule has 0 unspecified atom stereocenters. The predicted molar refractivity (Wildman–Crippen MR) is 104 cm³/mol. The summed E-state index contributed by atoms with van der Waals surface area (Å²) in [5.41, 5.74) is 1.17. The number of rotatable bonds is 8. The van der Waals surface area contributed by atoms with Crippen LogP contribution in [0.5, 0.6) is 5.75 Å². The third-order valence-electron chi connectivity index (χ3n) is 3.78. The van der Waals surface area contributed by atoms with Crippen LogP contribution in [0.25, 0.3) is 0 Å². The van der Waals surface area contributed by atoms with Gasteiger partial charge in [-0.2, -0.15) is 0 Å². The Hall–Kier alpha value is -2.53. The number of anilines is 1. The molecule has 0 bridgehead atoms. The number of amides is 2. The van der Waals surface area contributed by atoms with Crippen molar-refractivity contribution >= 4 is 29.1 Å². The van der Waals surface area contributed by atoms with Crippen LogP contribution < -0.4 is 10.1 Å². The highest BCUT2D eigenvalue weighted by Crippen LogP contribution is 2.16. The molecule has 1 N–H and O–H groups in total. The number of halogens is 1. The molecule has 0 atom stereocenters. The van der Waals surface area contributed by atoms with E-state index < -0.39 is 0 Å². The summed E-state index contributed by atoms with van der Waals surface area (Å²) in [7, 11) is 1.75. The topological polar surface area (TPSA) is 58.6 Å². The molecule has 2 amide bonds. The van der Waals surface area contributed by atoms with Crippen molar-refractivity contribution in [3.8, 4) is 5.75 Å². The van der Waals surface area contributed by atoms with Gasteiger partial charge in [-0.25, -0.2) is 0 Å². The molecule has 0 aromatic heterocycles. The summed E-state index contributed by atoms with van der Waals surface area (Å²) in [6.07, 6.45) is 1.10. The van der Waals surface area contributed by atoms with Crippen molar-refractivity contribution in [3.63, 3.8) is 0 Å². The summed E-state index contributed by atoms with van der Waals surface area (Å²) >= 11 is 5.83. The van der Waals surface area contributed by atoms with E-state index in [1.807, 2.05) is 12.1 Å². The SMILES string of the molecule is CCC(=O)Nc1cccc(C(=O)N(C)CCCOc2ccc(Cl)cc2)c1. The predicted octanol–water partition coefficient (Wildman–Crippen LogP) is 4.23. The normalized spacial score (nSPS) is 10.3. The second-order valence-electron chi connectivity index (χ2n) is 5.87. The van der Waals surface area contributed by atoms with Crippen molar-refractivity contribution in [2.45, 2.75) is 19.8 Å². The monoisotopic (exact) mass is 374 g/mol. The van der Waals surface area contributed by atoms with Crippen molar-refractivity contribution in [3.05, 3.63) is 59.1 Å². The van der Waals surface area contributed by atoms with E-state index in [0.29, 0.717) is 42.3 Å². The molecule has 0 fully saturated rings. The number of ether oxygens (including phenoxy) is 1. The van der Waals surface area contributed by atoms with Gasteiger partial charge in [0.15, 0.2) is 0 Å². The molecule has 2 aromatic rings. The third-order valence-corrected chi connectivity index (χ3v) is 4.03. The highest BCUT2D eigenvalue weighted by atomic mass is 35.5. The van der Waals surface area contributed by atoms with Gasteiger partial charge in [0.1, 0.15) is 5.75 Å². The first-order valence-electron chi connectivity index (χ1n) is 8.53. The van der Waals surface area contributed by atoms with E-state index in [0.717, 1.165) is 5.75 Å². The Morgan fingerprint density at radius 1 is 1.15 bits per heavy atom. The van der Waals surface area contributed by atoms with Gasteiger partial charge >= 0.3 is 0 Å². The van der Waals surface area contributed by atoms with E-state index in [1.54, 1.807) is 55.3 Å². The minimum absolute atomic E-state index is 0.0812. The Labute approximate surface area is 158 Å². The first-order chi connectivity index (χ1) is 12.5. The molecular weight excluding hydrogens is 352 g/mol. The molecule has 0 radical (unpaired) electrons. The van der Waals surface area contributed by atoms with Gasteiger partial charge in [-0.1, -0.05) is 24.6 Å². The van der Waals surface area contributed by atoms with Gasteiger partial charge in [0.2, 0.25) is 5.91 Å². The zero-order valence-corrected chi connectivity index (χ0v) is 15.8. The van der Waals surface area contributed by atoms with E-state index in [1.165, 1.54) is 0 Å². The van der Waals surface area contributed by atoms with Crippen molar-refractivity contribution < 1.29 is 14.3 Å². The molecule has 0 saturated carbocycles. The molecule has 138 valence electrons. The first-order valence-corrected chi connectivity index (χ1v) is 8.91. The number of carbonyl (C=O) groups is 2. The van der Waals surface area contributed by atoms with Crippen LogP contribution in [0.3, 0.4) is 0 Å². The molecule has 26 heavy (non-hydrogen) atoms. The van der Waals surface area contributed by atoms with Crippen LogP contribution in [-0.4, -0.2) is 36.9 Å². The Morgan fingerprint density at radius 3 is 2.58 bits per heavy atom. The maximum absolute atomic E-state index is 12.5. The smallest absolute Gasteiger partial charge is 0.253 e. The lowest BCUT2D eigenvalue weighted by molar-refractivity contribution is -0.115. The van der Waals surface area contributed by atoms with Crippen molar-refractivity contribution in [2.24, 2.45) is 0 Å². The fraction of sp³-hybridized carbons (Fsp3) is 0.300. The van der Waals surface area contributed by atoms with Gasteiger partial charge < -0.3 is 15.0 Å². The molecule has 0 aliphatic carbocycles. The van der Waals surface area contributed by atoms with Crippen molar-refractivity contribution in [1.29, 1.82) is 0 Å². The number of carbonyl (C=O) groups excluding carboxylic acids is 2. The molecular formula is C20H23ClN2O3. The average molecular weight is 375 g/mol. The van der Waals surface area contributed by atoms with Crippen molar-refractivity contribution in [2.75, 3.05) is 25.5 Å². The molecule has 5 nitrogen and oxygen atoms in total. The van der Waals surface area contributed by atoms with Crippen molar-refractivity contribution in [1.82, 2.24) is 4.90 Å². The molecule has 2 aromatic carbocycles. The lowest BCUT2D eigenvalue weighted by Crippen LogP contribution is -2.28. The number of nitrogens with zero attached hydrogens (tertiary/aromatic N) is 1. The van der Waals surface area contributed by atoms with Crippen LogP contribution in [0.1, 0.15) is 30.1 Å². The number of nitrogens with one attached hydrogen (secondary N) is 1. The quantitative estimate of drug-likeness (QED) is 0.703. The summed E-state index contributed by atoms with van der Waals surface area (Å²) in [6.45, 7) is 2.86. The van der Waals surface area contributed by atoms with Gasteiger partial charge in [0.25, 0.3) is 5.91 Å². The van der Waals surface area contributed by atoms with Crippen LogP contribution in [0.15, 0.2) is 48.5 Å². The molecule has 0 heterocycles. The second kappa shape index (κ2) is 9.82. The summed E-state index contributed by atoms with van der Waals surface area (Å²) in [5.74, 6) is 0.578. The molecule has 0 spiro atoms. The van der Waals surface area contributed by atoms with Crippen LogP contribution in [0.2, 0.25) is 5.02 Å².